The fourth-order valence-electron chi connectivity index (χ4n) is 4.49. The first kappa shape index (κ1) is 23.3. The van der Waals surface area contributed by atoms with E-state index in [1.807, 2.05) is 4.90 Å². The van der Waals surface area contributed by atoms with E-state index in [0.29, 0.717) is 65.6 Å². The molecule has 0 saturated carbocycles. The molecule has 0 bridgehead atoms. The number of hydrogen-bond acceptors (Lipinski definition) is 5. The molecule has 176 valence electrons. The normalized spacial score (nSPS) is 19.4. The second-order valence-electron chi connectivity index (χ2n) is 8.54. The smallest absolute Gasteiger partial charge is 0.249 e. The molecule has 0 radical (unpaired) electrons. The number of aryl methyl sites for hydroxylation is 1. The molecule has 2 aromatic rings. The van der Waals surface area contributed by atoms with E-state index in [9.17, 15) is 14.0 Å². The Morgan fingerprint density at radius 2 is 1.82 bits per heavy atom. The largest absolute Gasteiger partial charge is 0.495 e. The molecule has 2 aromatic carbocycles. The molecular formula is C24H26ClF2N3O3. The Hall–Kier alpha value is -2.87. The first-order valence-corrected chi connectivity index (χ1v) is 11.3. The summed E-state index contributed by atoms with van der Waals surface area (Å²) in [6, 6.07) is 5.44. The molecular weight excluding hydrogens is 452 g/mol. The lowest BCUT2D eigenvalue weighted by atomic mass is 9.88. The molecule has 4 rings (SSSR count). The molecule has 2 fully saturated rings. The number of piperidine rings is 2. The summed E-state index contributed by atoms with van der Waals surface area (Å²) in [5, 5.41) is 5.79. The third-order valence-corrected chi connectivity index (χ3v) is 6.80. The molecule has 6 nitrogen and oxygen atoms in total. The van der Waals surface area contributed by atoms with Crippen molar-refractivity contribution in [3.05, 3.63) is 52.0 Å². The number of carbonyl (C=O) groups excluding carboxylic acids is 2. The van der Waals surface area contributed by atoms with Crippen LogP contribution in [0.2, 0.25) is 5.02 Å². The van der Waals surface area contributed by atoms with Crippen LogP contribution < -0.4 is 20.3 Å². The minimum absolute atomic E-state index is 0.0521. The van der Waals surface area contributed by atoms with Crippen LogP contribution in [-0.2, 0) is 9.59 Å². The van der Waals surface area contributed by atoms with Crippen molar-refractivity contribution in [3.8, 4) is 5.75 Å². The van der Waals surface area contributed by atoms with Gasteiger partial charge in [-0.1, -0.05) is 11.6 Å². The van der Waals surface area contributed by atoms with Gasteiger partial charge in [-0.3, -0.25) is 14.9 Å². The zero-order valence-electron chi connectivity index (χ0n) is 18.5. The SMILES string of the molecule is COc1cc(C2CCN(c3cc(Cl)c(C)cc3F)CC2)c(F)cc1NC1CCC(=O)NC1=O. The van der Waals surface area contributed by atoms with Crippen molar-refractivity contribution in [2.45, 2.75) is 44.6 Å². The Kier molecular flexibility index (Phi) is 6.74. The summed E-state index contributed by atoms with van der Waals surface area (Å²) in [6.45, 7) is 2.90. The zero-order chi connectivity index (χ0) is 23.7. The number of methoxy groups -OCH3 is 1. The predicted molar refractivity (Wildman–Crippen MR) is 123 cm³/mol. The lowest BCUT2D eigenvalue weighted by Gasteiger charge is -2.34. The summed E-state index contributed by atoms with van der Waals surface area (Å²) in [5.41, 5.74) is 2.05. The van der Waals surface area contributed by atoms with Gasteiger partial charge in [0.2, 0.25) is 11.8 Å². The number of benzene rings is 2. The van der Waals surface area contributed by atoms with Gasteiger partial charge < -0.3 is 15.0 Å². The maximum atomic E-state index is 15.1. The van der Waals surface area contributed by atoms with Crippen LogP contribution >= 0.6 is 11.6 Å². The Labute approximate surface area is 196 Å². The molecule has 33 heavy (non-hydrogen) atoms. The van der Waals surface area contributed by atoms with Crippen LogP contribution in [0.4, 0.5) is 20.2 Å². The number of ether oxygens (including phenoxy) is 1. The molecule has 0 spiro atoms. The van der Waals surface area contributed by atoms with Crippen molar-refractivity contribution in [1.82, 2.24) is 5.32 Å². The van der Waals surface area contributed by atoms with E-state index in [4.69, 9.17) is 16.3 Å². The van der Waals surface area contributed by atoms with Crippen LogP contribution in [-0.4, -0.2) is 38.1 Å². The monoisotopic (exact) mass is 477 g/mol. The van der Waals surface area contributed by atoms with Crippen molar-refractivity contribution in [3.63, 3.8) is 0 Å². The molecule has 1 atom stereocenters. The Morgan fingerprint density at radius 3 is 2.48 bits per heavy atom. The maximum absolute atomic E-state index is 15.1. The molecule has 2 heterocycles. The van der Waals surface area contributed by atoms with Gasteiger partial charge in [0.15, 0.2) is 0 Å². The quantitative estimate of drug-likeness (QED) is 0.619. The molecule has 2 amide bonds. The maximum Gasteiger partial charge on any atom is 0.249 e. The fraction of sp³-hybridized carbons (Fsp3) is 0.417. The molecule has 0 aliphatic carbocycles. The summed E-state index contributed by atoms with van der Waals surface area (Å²) < 4.78 is 35.0. The average Bonchev–Trinajstić information content (AvgIpc) is 2.78. The number of carbonyl (C=O) groups is 2. The van der Waals surface area contributed by atoms with Gasteiger partial charge in [-0.15, -0.1) is 0 Å². The van der Waals surface area contributed by atoms with Crippen LogP contribution in [0.5, 0.6) is 5.75 Å². The van der Waals surface area contributed by atoms with Crippen LogP contribution in [0.1, 0.15) is 42.7 Å². The number of nitrogens with zero attached hydrogens (tertiary/aromatic N) is 1. The average molecular weight is 478 g/mol. The van der Waals surface area contributed by atoms with Gasteiger partial charge in [0, 0.05) is 30.6 Å². The van der Waals surface area contributed by atoms with Crippen molar-refractivity contribution in [1.29, 1.82) is 0 Å². The minimum atomic E-state index is -0.638. The first-order valence-electron chi connectivity index (χ1n) is 10.9. The molecule has 2 aliphatic rings. The zero-order valence-corrected chi connectivity index (χ0v) is 19.3. The highest BCUT2D eigenvalue weighted by molar-refractivity contribution is 6.31. The Morgan fingerprint density at radius 1 is 1.09 bits per heavy atom. The number of nitrogens with one attached hydrogen (secondary N) is 2. The molecule has 2 N–H and O–H groups in total. The van der Waals surface area contributed by atoms with E-state index in [1.165, 1.54) is 19.2 Å². The van der Waals surface area contributed by atoms with E-state index in [0.717, 1.165) is 0 Å². The van der Waals surface area contributed by atoms with E-state index >= 15 is 4.39 Å². The van der Waals surface area contributed by atoms with Gasteiger partial charge in [-0.05, 0) is 61.4 Å². The molecule has 2 aliphatic heterocycles. The summed E-state index contributed by atoms with van der Waals surface area (Å²) in [6.07, 6.45) is 1.84. The van der Waals surface area contributed by atoms with Gasteiger partial charge >= 0.3 is 0 Å². The number of rotatable bonds is 5. The standard InChI is InChI=1S/C24H26ClF2N3O3/c1-13-9-18(27)21(11-16(13)25)30-7-5-14(6-8-30)15-10-22(33-2)20(12-17(15)26)28-19-3-4-23(31)29-24(19)32/h9-12,14,19,28H,3-8H2,1-2H3,(H,29,31,32). The number of anilines is 2. The van der Waals surface area contributed by atoms with Crippen molar-refractivity contribution < 1.29 is 23.1 Å². The highest BCUT2D eigenvalue weighted by Crippen LogP contribution is 2.38. The van der Waals surface area contributed by atoms with Gasteiger partial charge in [-0.2, -0.15) is 0 Å². The molecule has 9 heteroatoms. The minimum Gasteiger partial charge on any atom is -0.495 e. The van der Waals surface area contributed by atoms with Crippen molar-refractivity contribution >= 4 is 34.8 Å². The molecule has 0 aromatic heterocycles. The Bertz CT molecular complexity index is 1090. The van der Waals surface area contributed by atoms with Crippen LogP contribution in [0, 0.1) is 18.6 Å². The third kappa shape index (κ3) is 4.90. The topological polar surface area (TPSA) is 70.7 Å². The summed E-state index contributed by atoms with van der Waals surface area (Å²) in [7, 11) is 1.49. The van der Waals surface area contributed by atoms with Crippen LogP contribution in [0.25, 0.3) is 0 Å². The number of amides is 2. The van der Waals surface area contributed by atoms with Crippen molar-refractivity contribution in [2.24, 2.45) is 0 Å². The highest BCUT2D eigenvalue weighted by atomic mass is 35.5. The first-order chi connectivity index (χ1) is 15.8. The van der Waals surface area contributed by atoms with Gasteiger partial charge in [0.05, 0.1) is 18.5 Å². The van der Waals surface area contributed by atoms with Gasteiger partial charge in [0.25, 0.3) is 0 Å². The highest BCUT2D eigenvalue weighted by Gasteiger charge is 2.29. The second kappa shape index (κ2) is 9.55. The summed E-state index contributed by atoms with van der Waals surface area (Å²) in [4.78, 5) is 25.3. The van der Waals surface area contributed by atoms with E-state index in [-0.39, 0.29) is 24.1 Å². The van der Waals surface area contributed by atoms with Crippen molar-refractivity contribution in [2.75, 3.05) is 30.4 Å². The fourth-order valence-corrected chi connectivity index (χ4v) is 4.65. The third-order valence-electron chi connectivity index (χ3n) is 6.39. The lowest BCUT2D eigenvalue weighted by molar-refractivity contribution is -0.133. The van der Waals surface area contributed by atoms with E-state index in [1.54, 1.807) is 19.1 Å². The van der Waals surface area contributed by atoms with Crippen LogP contribution in [0.15, 0.2) is 24.3 Å². The predicted octanol–water partition coefficient (Wildman–Crippen LogP) is 4.54. The summed E-state index contributed by atoms with van der Waals surface area (Å²) >= 11 is 6.18. The number of halogens is 3. The molecule has 2 saturated heterocycles. The second-order valence-corrected chi connectivity index (χ2v) is 8.94. The number of imide groups is 1. The summed E-state index contributed by atoms with van der Waals surface area (Å²) in [5.74, 6) is -1.08. The Balaban J connectivity index is 1.48. The van der Waals surface area contributed by atoms with E-state index in [2.05, 4.69) is 10.6 Å². The van der Waals surface area contributed by atoms with Gasteiger partial charge in [-0.25, -0.2) is 8.78 Å². The lowest BCUT2D eigenvalue weighted by Crippen LogP contribution is -2.47. The van der Waals surface area contributed by atoms with Gasteiger partial charge in [0.1, 0.15) is 23.4 Å². The van der Waals surface area contributed by atoms with E-state index < -0.39 is 17.8 Å². The molecule has 1 unspecified atom stereocenters. The van der Waals surface area contributed by atoms with Crippen LogP contribution in [0.3, 0.4) is 0 Å². The number of hydrogen-bond donors (Lipinski definition) is 2.